The number of carbonyl (C=O) groups excluding carboxylic acids is 1. The van der Waals surface area contributed by atoms with Gasteiger partial charge >= 0.3 is 0 Å². The van der Waals surface area contributed by atoms with Crippen LogP contribution >= 0.6 is 0 Å². The third-order valence-electron chi connectivity index (χ3n) is 2.92. The molecule has 110 valence electrons. The third-order valence-corrected chi connectivity index (χ3v) is 2.92. The molecule has 0 saturated carbocycles. The molecule has 3 N–H and O–H groups in total. The Labute approximate surface area is 121 Å². The van der Waals surface area contributed by atoms with Gasteiger partial charge in [-0.25, -0.2) is 9.37 Å². The zero-order chi connectivity index (χ0) is 15.4. The van der Waals surface area contributed by atoms with E-state index < -0.39 is 11.7 Å². The maximum absolute atomic E-state index is 12.7. The number of pyridine rings is 1. The van der Waals surface area contributed by atoms with Gasteiger partial charge in [-0.1, -0.05) is 6.07 Å². The normalized spacial score (nSPS) is 11.9. The molecule has 6 heteroatoms. The standard InChI is InChI=1S/C15H15FN2O3/c1-9(6-10-2-5-13(19)14(20)7-10)18-15(21)12-4-3-11(16)8-17-12/h2-5,7-9,19-20H,6H2,1H3,(H,18,21)/t9-/m1/s1. The zero-order valence-electron chi connectivity index (χ0n) is 11.4. The Balaban J connectivity index is 1.97. The molecule has 5 nitrogen and oxygen atoms in total. The molecule has 0 radical (unpaired) electrons. The fourth-order valence-corrected chi connectivity index (χ4v) is 1.91. The van der Waals surface area contributed by atoms with Crippen LogP contribution in [0, 0.1) is 5.82 Å². The van der Waals surface area contributed by atoms with Crippen LogP contribution < -0.4 is 5.32 Å². The summed E-state index contributed by atoms with van der Waals surface area (Å²) in [5, 5.41) is 21.4. The van der Waals surface area contributed by atoms with Gasteiger partial charge in [0.2, 0.25) is 0 Å². The number of hydrogen-bond acceptors (Lipinski definition) is 4. The number of rotatable bonds is 4. The van der Waals surface area contributed by atoms with Gasteiger partial charge < -0.3 is 15.5 Å². The lowest BCUT2D eigenvalue weighted by atomic mass is 10.1. The Kier molecular flexibility index (Phi) is 4.37. The molecule has 21 heavy (non-hydrogen) atoms. The van der Waals surface area contributed by atoms with E-state index in [-0.39, 0.29) is 23.2 Å². The summed E-state index contributed by atoms with van der Waals surface area (Å²) in [5.41, 5.74) is 0.905. The van der Waals surface area contributed by atoms with Gasteiger partial charge in [0.25, 0.3) is 5.91 Å². The maximum Gasteiger partial charge on any atom is 0.270 e. The van der Waals surface area contributed by atoms with Crippen molar-refractivity contribution in [2.45, 2.75) is 19.4 Å². The minimum absolute atomic E-state index is 0.136. The lowest BCUT2D eigenvalue weighted by Crippen LogP contribution is -2.34. The Morgan fingerprint density at radius 1 is 1.29 bits per heavy atom. The van der Waals surface area contributed by atoms with Crippen molar-refractivity contribution in [3.05, 3.63) is 53.6 Å². The van der Waals surface area contributed by atoms with E-state index >= 15 is 0 Å². The summed E-state index contributed by atoms with van der Waals surface area (Å²) in [6, 6.07) is 6.75. The van der Waals surface area contributed by atoms with E-state index in [1.165, 1.54) is 24.3 Å². The largest absolute Gasteiger partial charge is 0.504 e. The SMILES string of the molecule is C[C@H](Cc1ccc(O)c(O)c1)NC(=O)c1ccc(F)cn1. The van der Waals surface area contributed by atoms with Gasteiger partial charge in [-0.15, -0.1) is 0 Å². The Morgan fingerprint density at radius 3 is 2.67 bits per heavy atom. The number of aromatic hydroxyl groups is 2. The summed E-state index contributed by atoms with van der Waals surface area (Å²) in [4.78, 5) is 15.6. The maximum atomic E-state index is 12.7. The number of aromatic nitrogens is 1. The first-order valence-electron chi connectivity index (χ1n) is 6.39. The van der Waals surface area contributed by atoms with E-state index in [1.807, 2.05) is 0 Å². The molecule has 1 heterocycles. The van der Waals surface area contributed by atoms with Crippen LogP contribution in [0.5, 0.6) is 11.5 Å². The second-order valence-electron chi connectivity index (χ2n) is 4.76. The van der Waals surface area contributed by atoms with Gasteiger partial charge in [0, 0.05) is 6.04 Å². The summed E-state index contributed by atoms with van der Waals surface area (Å²) in [6.45, 7) is 1.80. The Morgan fingerprint density at radius 2 is 2.05 bits per heavy atom. The molecular weight excluding hydrogens is 275 g/mol. The first kappa shape index (κ1) is 14.8. The van der Waals surface area contributed by atoms with Gasteiger partial charge in [-0.05, 0) is 43.2 Å². The average molecular weight is 290 g/mol. The zero-order valence-corrected chi connectivity index (χ0v) is 11.4. The molecule has 0 aliphatic heterocycles. The van der Waals surface area contributed by atoms with Crippen molar-refractivity contribution < 1.29 is 19.4 Å². The molecule has 2 aromatic rings. The quantitative estimate of drug-likeness (QED) is 0.752. The lowest BCUT2D eigenvalue weighted by Gasteiger charge is -2.14. The molecule has 1 amide bonds. The van der Waals surface area contributed by atoms with E-state index in [0.29, 0.717) is 6.42 Å². The van der Waals surface area contributed by atoms with Crippen LogP contribution in [0.15, 0.2) is 36.5 Å². The van der Waals surface area contributed by atoms with Crippen LogP contribution in [0.4, 0.5) is 4.39 Å². The Hall–Kier alpha value is -2.63. The van der Waals surface area contributed by atoms with Crippen molar-refractivity contribution >= 4 is 5.91 Å². The Bertz CT molecular complexity index is 644. The molecule has 1 aromatic carbocycles. The summed E-state index contributed by atoms with van der Waals surface area (Å²) < 4.78 is 12.7. The minimum atomic E-state index is -0.501. The first-order valence-corrected chi connectivity index (χ1v) is 6.39. The number of benzene rings is 1. The molecule has 0 bridgehead atoms. The third kappa shape index (κ3) is 3.92. The number of nitrogens with one attached hydrogen (secondary N) is 1. The van der Waals surface area contributed by atoms with Crippen LogP contribution in [0.25, 0.3) is 0 Å². The van der Waals surface area contributed by atoms with E-state index in [1.54, 1.807) is 13.0 Å². The topological polar surface area (TPSA) is 82.5 Å². The predicted molar refractivity (Wildman–Crippen MR) is 74.6 cm³/mol. The first-order chi connectivity index (χ1) is 9.95. The van der Waals surface area contributed by atoms with Crippen molar-refractivity contribution in [1.82, 2.24) is 10.3 Å². The highest BCUT2D eigenvalue weighted by Crippen LogP contribution is 2.25. The average Bonchev–Trinajstić information content (AvgIpc) is 2.43. The van der Waals surface area contributed by atoms with Crippen molar-refractivity contribution in [1.29, 1.82) is 0 Å². The van der Waals surface area contributed by atoms with Crippen molar-refractivity contribution in [2.24, 2.45) is 0 Å². The molecular formula is C15H15FN2O3. The lowest BCUT2D eigenvalue weighted by molar-refractivity contribution is 0.0935. The fraction of sp³-hybridized carbons (Fsp3) is 0.200. The molecule has 0 aliphatic rings. The molecule has 0 spiro atoms. The van der Waals surface area contributed by atoms with Gasteiger partial charge in [0.05, 0.1) is 6.20 Å². The van der Waals surface area contributed by atoms with Crippen molar-refractivity contribution in [3.8, 4) is 11.5 Å². The van der Waals surface area contributed by atoms with E-state index in [4.69, 9.17) is 0 Å². The van der Waals surface area contributed by atoms with Crippen LogP contribution in [-0.4, -0.2) is 27.1 Å². The van der Waals surface area contributed by atoms with Gasteiger partial charge in [0.15, 0.2) is 11.5 Å². The van der Waals surface area contributed by atoms with Crippen LogP contribution in [-0.2, 0) is 6.42 Å². The molecule has 1 aromatic heterocycles. The minimum Gasteiger partial charge on any atom is -0.504 e. The summed E-state index contributed by atoms with van der Waals surface area (Å²) >= 11 is 0. The van der Waals surface area contributed by atoms with Crippen LogP contribution in [0.2, 0.25) is 0 Å². The highest BCUT2D eigenvalue weighted by molar-refractivity contribution is 5.92. The van der Waals surface area contributed by atoms with Crippen LogP contribution in [0.3, 0.4) is 0 Å². The number of phenols is 2. The highest BCUT2D eigenvalue weighted by Gasteiger charge is 2.12. The molecule has 0 unspecified atom stereocenters. The molecule has 0 aliphatic carbocycles. The van der Waals surface area contributed by atoms with Crippen LogP contribution in [0.1, 0.15) is 23.0 Å². The summed E-state index contributed by atoms with van der Waals surface area (Å²) in [5.74, 6) is -1.29. The van der Waals surface area contributed by atoms with E-state index in [2.05, 4.69) is 10.3 Å². The fourth-order valence-electron chi connectivity index (χ4n) is 1.91. The number of carbonyl (C=O) groups is 1. The second kappa shape index (κ2) is 6.21. The predicted octanol–water partition coefficient (Wildman–Crippen LogP) is 1.99. The van der Waals surface area contributed by atoms with E-state index in [9.17, 15) is 19.4 Å². The summed E-state index contributed by atoms with van der Waals surface area (Å²) in [6.07, 6.45) is 1.46. The van der Waals surface area contributed by atoms with E-state index in [0.717, 1.165) is 11.8 Å². The number of hydrogen-bond donors (Lipinski definition) is 3. The second-order valence-corrected chi connectivity index (χ2v) is 4.76. The van der Waals surface area contributed by atoms with Gasteiger partial charge in [-0.2, -0.15) is 0 Å². The highest BCUT2D eigenvalue weighted by atomic mass is 19.1. The number of halogens is 1. The monoisotopic (exact) mass is 290 g/mol. The van der Waals surface area contributed by atoms with Crippen molar-refractivity contribution in [3.63, 3.8) is 0 Å². The van der Waals surface area contributed by atoms with Gasteiger partial charge in [0.1, 0.15) is 11.5 Å². The van der Waals surface area contributed by atoms with Crippen molar-refractivity contribution in [2.75, 3.05) is 0 Å². The number of nitrogens with zero attached hydrogens (tertiary/aromatic N) is 1. The molecule has 2 rings (SSSR count). The molecule has 1 atom stereocenters. The molecule has 0 saturated heterocycles. The summed E-state index contributed by atoms with van der Waals surface area (Å²) in [7, 11) is 0. The smallest absolute Gasteiger partial charge is 0.270 e. The molecule has 0 fully saturated rings. The number of amides is 1. The van der Waals surface area contributed by atoms with Gasteiger partial charge in [-0.3, -0.25) is 4.79 Å². The number of phenolic OH excluding ortho intramolecular Hbond substituents is 2.